The summed E-state index contributed by atoms with van der Waals surface area (Å²) in [6.45, 7) is 2.84. The van der Waals surface area contributed by atoms with Gasteiger partial charge in [0.2, 0.25) is 0 Å². The average Bonchev–Trinajstić information content (AvgIpc) is 2.57. The molecule has 2 aromatic heterocycles. The number of hydrogen-bond acceptors (Lipinski definition) is 2. The summed E-state index contributed by atoms with van der Waals surface area (Å²) in [6.07, 6.45) is 5.97. The van der Waals surface area contributed by atoms with Crippen molar-refractivity contribution in [3.05, 3.63) is 35.7 Å². The summed E-state index contributed by atoms with van der Waals surface area (Å²) in [5.41, 5.74) is 9.26. The van der Waals surface area contributed by atoms with Crippen LogP contribution in [0.25, 0.3) is 5.52 Å². The molecular formula is C11H15N3. The van der Waals surface area contributed by atoms with Crippen LogP contribution in [-0.2, 0) is 6.42 Å². The zero-order valence-electron chi connectivity index (χ0n) is 8.40. The number of fused-ring (bicyclic) bond motifs is 1. The highest BCUT2D eigenvalue weighted by molar-refractivity contribution is 5.55. The van der Waals surface area contributed by atoms with Crippen molar-refractivity contribution in [2.24, 2.45) is 5.73 Å². The van der Waals surface area contributed by atoms with Crippen LogP contribution in [0.15, 0.2) is 24.5 Å². The highest BCUT2D eigenvalue weighted by atomic mass is 15.2. The maximum absolute atomic E-state index is 5.49. The Balaban J connectivity index is 2.40. The largest absolute Gasteiger partial charge is 0.330 e. The van der Waals surface area contributed by atoms with Crippen LogP contribution >= 0.6 is 0 Å². The molecule has 0 aliphatic rings. The Kier molecular flexibility index (Phi) is 2.50. The van der Waals surface area contributed by atoms with Gasteiger partial charge in [-0.1, -0.05) is 0 Å². The van der Waals surface area contributed by atoms with E-state index in [4.69, 9.17) is 5.73 Å². The van der Waals surface area contributed by atoms with E-state index in [-0.39, 0.29) is 0 Å². The van der Waals surface area contributed by atoms with Gasteiger partial charge in [0.15, 0.2) is 0 Å². The van der Waals surface area contributed by atoms with Crippen molar-refractivity contribution in [3.8, 4) is 0 Å². The van der Waals surface area contributed by atoms with Gasteiger partial charge in [-0.05, 0) is 49.6 Å². The van der Waals surface area contributed by atoms with Crippen LogP contribution in [0.5, 0.6) is 0 Å². The normalized spacial score (nSPS) is 11.0. The highest BCUT2D eigenvalue weighted by Crippen LogP contribution is 2.13. The van der Waals surface area contributed by atoms with Gasteiger partial charge in [0, 0.05) is 6.20 Å². The van der Waals surface area contributed by atoms with Crippen molar-refractivity contribution in [2.75, 3.05) is 6.54 Å². The summed E-state index contributed by atoms with van der Waals surface area (Å²) in [5.74, 6) is 0. The summed E-state index contributed by atoms with van der Waals surface area (Å²) < 4.78 is 1.92. The minimum Gasteiger partial charge on any atom is -0.330 e. The highest BCUT2D eigenvalue weighted by Gasteiger charge is 2.02. The predicted octanol–water partition coefficient (Wildman–Crippen LogP) is 1.53. The fourth-order valence-corrected chi connectivity index (χ4v) is 1.62. The second-order valence-corrected chi connectivity index (χ2v) is 3.60. The minimum atomic E-state index is 0.739. The molecule has 0 aliphatic carbocycles. The van der Waals surface area contributed by atoms with Crippen molar-refractivity contribution in [2.45, 2.75) is 19.8 Å². The Bertz CT molecular complexity index is 431. The number of rotatable bonds is 3. The first-order chi connectivity index (χ1) is 6.81. The molecule has 3 heteroatoms. The molecule has 2 N–H and O–H groups in total. The Morgan fingerprint density at radius 1 is 1.50 bits per heavy atom. The van der Waals surface area contributed by atoms with Gasteiger partial charge in [-0.15, -0.1) is 0 Å². The first kappa shape index (κ1) is 9.21. The second-order valence-electron chi connectivity index (χ2n) is 3.60. The lowest BCUT2D eigenvalue weighted by atomic mass is 10.1. The topological polar surface area (TPSA) is 43.3 Å². The van der Waals surface area contributed by atoms with Gasteiger partial charge in [0.25, 0.3) is 0 Å². The maximum atomic E-state index is 5.49. The fraction of sp³-hybridized carbons (Fsp3) is 0.364. The van der Waals surface area contributed by atoms with Gasteiger partial charge >= 0.3 is 0 Å². The Morgan fingerprint density at radius 3 is 3.14 bits per heavy atom. The number of pyridine rings is 1. The molecule has 0 bridgehead atoms. The van der Waals surface area contributed by atoms with Crippen LogP contribution in [0.4, 0.5) is 0 Å². The van der Waals surface area contributed by atoms with Crippen LogP contribution in [0.2, 0.25) is 0 Å². The monoisotopic (exact) mass is 189 g/mol. The van der Waals surface area contributed by atoms with E-state index in [0.29, 0.717) is 0 Å². The standard InChI is InChI=1S/C11H15N3/c1-9-4-6-14-11(7-9)10(8-13-14)3-2-5-12/h4,6-8H,2-3,5,12H2,1H3. The van der Waals surface area contributed by atoms with Gasteiger partial charge < -0.3 is 5.73 Å². The molecule has 2 rings (SSSR count). The molecule has 14 heavy (non-hydrogen) atoms. The lowest BCUT2D eigenvalue weighted by Gasteiger charge is -1.98. The molecule has 3 nitrogen and oxygen atoms in total. The van der Waals surface area contributed by atoms with Crippen LogP contribution in [0.1, 0.15) is 17.5 Å². The van der Waals surface area contributed by atoms with Crippen molar-refractivity contribution >= 4 is 5.52 Å². The summed E-state index contributed by atoms with van der Waals surface area (Å²) in [6, 6.07) is 4.23. The molecule has 0 aromatic carbocycles. The van der Waals surface area contributed by atoms with Gasteiger partial charge in [-0.25, -0.2) is 4.52 Å². The molecule has 0 aliphatic heterocycles. The Morgan fingerprint density at radius 2 is 2.36 bits per heavy atom. The molecule has 0 spiro atoms. The van der Waals surface area contributed by atoms with E-state index < -0.39 is 0 Å². The van der Waals surface area contributed by atoms with E-state index in [9.17, 15) is 0 Å². The van der Waals surface area contributed by atoms with E-state index in [2.05, 4.69) is 24.2 Å². The number of aromatic nitrogens is 2. The van der Waals surface area contributed by atoms with Crippen molar-refractivity contribution < 1.29 is 0 Å². The molecule has 0 atom stereocenters. The van der Waals surface area contributed by atoms with E-state index >= 15 is 0 Å². The first-order valence-corrected chi connectivity index (χ1v) is 4.94. The second kappa shape index (κ2) is 3.80. The van der Waals surface area contributed by atoms with E-state index in [1.165, 1.54) is 16.6 Å². The predicted molar refractivity (Wildman–Crippen MR) is 57.3 cm³/mol. The molecule has 0 saturated carbocycles. The summed E-state index contributed by atoms with van der Waals surface area (Å²) in [7, 11) is 0. The van der Waals surface area contributed by atoms with Gasteiger partial charge in [-0.3, -0.25) is 0 Å². The van der Waals surface area contributed by atoms with Gasteiger partial charge in [-0.2, -0.15) is 5.10 Å². The van der Waals surface area contributed by atoms with Crippen molar-refractivity contribution in [3.63, 3.8) is 0 Å². The maximum Gasteiger partial charge on any atom is 0.0696 e. The molecule has 74 valence electrons. The molecule has 2 aromatic rings. The number of nitrogens with zero attached hydrogens (tertiary/aromatic N) is 2. The van der Waals surface area contributed by atoms with Crippen LogP contribution < -0.4 is 5.73 Å². The number of aryl methyl sites for hydroxylation is 2. The molecular weight excluding hydrogens is 174 g/mol. The Hall–Kier alpha value is -1.35. The zero-order valence-corrected chi connectivity index (χ0v) is 8.40. The SMILES string of the molecule is Cc1ccn2ncc(CCCN)c2c1. The zero-order chi connectivity index (χ0) is 9.97. The van der Waals surface area contributed by atoms with Crippen LogP contribution in [0.3, 0.4) is 0 Å². The lowest BCUT2D eigenvalue weighted by molar-refractivity contribution is 0.837. The first-order valence-electron chi connectivity index (χ1n) is 4.94. The van der Waals surface area contributed by atoms with Crippen molar-refractivity contribution in [1.82, 2.24) is 9.61 Å². The summed E-state index contributed by atoms with van der Waals surface area (Å²) in [4.78, 5) is 0. The molecule has 0 fully saturated rings. The third-order valence-corrected chi connectivity index (χ3v) is 2.41. The van der Waals surface area contributed by atoms with Crippen LogP contribution in [-0.4, -0.2) is 16.2 Å². The molecule has 2 heterocycles. The van der Waals surface area contributed by atoms with E-state index in [1.54, 1.807) is 0 Å². The van der Waals surface area contributed by atoms with Gasteiger partial charge in [0.1, 0.15) is 0 Å². The third-order valence-electron chi connectivity index (χ3n) is 2.41. The minimum absolute atomic E-state index is 0.739. The van der Waals surface area contributed by atoms with E-state index in [0.717, 1.165) is 19.4 Å². The number of hydrogen-bond donors (Lipinski definition) is 1. The van der Waals surface area contributed by atoms with Crippen LogP contribution in [0, 0.1) is 6.92 Å². The van der Waals surface area contributed by atoms with Gasteiger partial charge in [0.05, 0.1) is 11.7 Å². The molecule has 0 amide bonds. The molecule has 0 radical (unpaired) electrons. The third kappa shape index (κ3) is 1.63. The summed E-state index contributed by atoms with van der Waals surface area (Å²) in [5, 5.41) is 4.29. The average molecular weight is 189 g/mol. The smallest absolute Gasteiger partial charge is 0.0696 e. The molecule has 0 saturated heterocycles. The van der Waals surface area contributed by atoms with Crippen molar-refractivity contribution in [1.29, 1.82) is 0 Å². The molecule has 0 unspecified atom stereocenters. The van der Waals surface area contributed by atoms with E-state index in [1.807, 2.05) is 16.9 Å². The number of nitrogens with two attached hydrogens (primary N) is 1. The quantitative estimate of drug-likeness (QED) is 0.795. The summed E-state index contributed by atoms with van der Waals surface area (Å²) >= 11 is 0. The Labute approximate surface area is 83.5 Å². The lowest BCUT2D eigenvalue weighted by Crippen LogP contribution is -2.00. The fourth-order valence-electron chi connectivity index (χ4n) is 1.62.